The second-order valence-electron chi connectivity index (χ2n) is 4.56. The number of benzene rings is 2. The maximum Gasteiger partial charge on any atom is 0.163 e. The van der Waals surface area contributed by atoms with Gasteiger partial charge in [0.25, 0.3) is 0 Å². The first-order chi connectivity index (χ1) is 9.33. The van der Waals surface area contributed by atoms with Gasteiger partial charge in [-0.3, -0.25) is 4.79 Å². The molecule has 94 valence electrons. The van der Waals surface area contributed by atoms with Crippen molar-refractivity contribution < 1.29 is 9.21 Å². The fourth-order valence-corrected chi connectivity index (χ4v) is 2.20. The van der Waals surface area contributed by atoms with Gasteiger partial charge >= 0.3 is 0 Å². The van der Waals surface area contributed by atoms with Crippen LogP contribution in [0, 0.1) is 0 Å². The third-order valence-electron chi connectivity index (χ3n) is 3.25. The van der Waals surface area contributed by atoms with Crippen molar-refractivity contribution >= 4 is 16.6 Å². The number of fused-ring (bicyclic) bond motifs is 1. The first-order valence-corrected chi connectivity index (χ1v) is 6.37. The summed E-state index contributed by atoms with van der Waals surface area (Å²) >= 11 is 0. The van der Waals surface area contributed by atoms with Crippen LogP contribution in [0.4, 0.5) is 0 Å². The number of rotatable bonds is 4. The van der Waals surface area contributed by atoms with Crippen LogP contribution in [0.3, 0.4) is 0 Å². The highest BCUT2D eigenvalue weighted by Crippen LogP contribution is 2.17. The van der Waals surface area contributed by atoms with Gasteiger partial charge in [0.2, 0.25) is 0 Å². The van der Waals surface area contributed by atoms with Crippen LogP contribution in [0.15, 0.2) is 65.3 Å². The zero-order valence-corrected chi connectivity index (χ0v) is 10.5. The number of carbonyl (C=O) groups is 1. The van der Waals surface area contributed by atoms with Gasteiger partial charge in [0, 0.05) is 18.4 Å². The van der Waals surface area contributed by atoms with Crippen LogP contribution in [-0.2, 0) is 6.42 Å². The predicted octanol–water partition coefficient (Wildman–Crippen LogP) is 4.25. The molecule has 0 bridgehead atoms. The summed E-state index contributed by atoms with van der Waals surface area (Å²) in [5, 5.41) is 2.26. The quantitative estimate of drug-likeness (QED) is 0.648. The molecule has 0 fully saturated rings. The SMILES string of the molecule is O=C(CCc1ccco1)c1ccc2ccccc2c1. The molecule has 0 aliphatic rings. The maximum absolute atomic E-state index is 12.1. The van der Waals surface area contributed by atoms with Crippen LogP contribution in [0.5, 0.6) is 0 Å². The average Bonchev–Trinajstić information content (AvgIpc) is 2.97. The number of ketones is 1. The maximum atomic E-state index is 12.1. The molecule has 3 aromatic rings. The molecule has 0 radical (unpaired) electrons. The minimum absolute atomic E-state index is 0.155. The van der Waals surface area contributed by atoms with E-state index in [0.29, 0.717) is 12.8 Å². The van der Waals surface area contributed by atoms with Crippen LogP contribution in [0.25, 0.3) is 10.8 Å². The van der Waals surface area contributed by atoms with Gasteiger partial charge in [-0.15, -0.1) is 0 Å². The molecule has 0 aliphatic carbocycles. The smallest absolute Gasteiger partial charge is 0.163 e. The van der Waals surface area contributed by atoms with E-state index >= 15 is 0 Å². The van der Waals surface area contributed by atoms with Crippen LogP contribution >= 0.6 is 0 Å². The van der Waals surface area contributed by atoms with Gasteiger partial charge in [-0.25, -0.2) is 0 Å². The number of carbonyl (C=O) groups excluding carboxylic acids is 1. The number of hydrogen-bond donors (Lipinski definition) is 0. The third-order valence-corrected chi connectivity index (χ3v) is 3.25. The lowest BCUT2D eigenvalue weighted by Gasteiger charge is -2.02. The monoisotopic (exact) mass is 250 g/mol. The Kier molecular flexibility index (Phi) is 3.15. The van der Waals surface area contributed by atoms with Gasteiger partial charge in [0.05, 0.1) is 6.26 Å². The second-order valence-corrected chi connectivity index (χ2v) is 4.56. The number of hydrogen-bond acceptors (Lipinski definition) is 2. The fraction of sp³-hybridized carbons (Fsp3) is 0.118. The highest BCUT2D eigenvalue weighted by Gasteiger charge is 2.07. The lowest BCUT2D eigenvalue weighted by atomic mass is 10.0. The molecule has 19 heavy (non-hydrogen) atoms. The van der Waals surface area contributed by atoms with Crippen molar-refractivity contribution in [3.05, 3.63) is 72.2 Å². The summed E-state index contributed by atoms with van der Waals surface area (Å²) in [5.74, 6) is 1.01. The Labute approximate surface area is 111 Å². The van der Waals surface area contributed by atoms with Crippen LogP contribution < -0.4 is 0 Å². The minimum Gasteiger partial charge on any atom is -0.469 e. The van der Waals surface area contributed by atoms with Crippen LogP contribution in [0.1, 0.15) is 22.5 Å². The Morgan fingerprint density at radius 2 is 1.79 bits per heavy atom. The molecular formula is C17H14O2. The fourth-order valence-electron chi connectivity index (χ4n) is 2.20. The van der Waals surface area contributed by atoms with Gasteiger partial charge in [-0.05, 0) is 29.0 Å². The lowest BCUT2D eigenvalue weighted by molar-refractivity contribution is 0.0981. The summed E-state index contributed by atoms with van der Waals surface area (Å²) in [6, 6.07) is 17.6. The predicted molar refractivity (Wildman–Crippen MR) is 75.3 cm³/mol. The van der Waals surface area contributed by atoms with E-state index in [1.807, 2.05) is 54.6 Å². The second kappa shape index (κ2) is 5.11. The Bertz CT molecular complexity index is 696. The van der Waals surface area contributed by atoms with Crippen LogP contribution in [-0.4, -0.2) is 5.78 Å². The molecule has 0 N–H and O–H groups in total. The van der Waals surface area contributed by atoms with Crippen molar-refractivity contribution in [1.29, 1.82) is 0 Å². The molecule has 2 nitrogen and oxygen atoms in total. The molecule has 0 aliphatic heterocycles. The highest BCUT2D eigenvalue weighted by atomic mass is 16.3. The first kappa shape index (κ1) is 11.7. The van der Waals surface area contributed by atoms with Gasteiger partial charge in [-0.2, -0.15) is 0 Å². The van der Waals surface area contributed by atoms with Crippen molar-refractivity contribution in [2.24, 2.45) is 0 Å². The number of furan rings is 1. The normalized spacial score (nSPS) is 10.7. The third kappa shape index (κ3) is 2.58. The van der Waals surface area contributed by atoms with Crippen molar-refractivity contribution in [2.45, 2.75) is 12.8 Å². The van der Waals surface area contributed by atoms with E-state index in [4.69, 9.17) is 4.42 Å². The van der Waals surface area contributed by atoms with Gasteiger partial charge in [0.1, 0.15) is 5.76 Å². The van der Waals surface area contributed by atoms with E-state index in [-0.39, 0.29) is 5.78 Å². The molecule has 0 spiro atoms. The summed E-state index contributed by atoms with van der Waals surface area (Å²) in [4.78, 5) is 12.1. The van der Waals surface area contributed by atoms with E-state index in [9.17, 15) is 4.79 Å². The Morgan fingerprint density at radius 1 is 0.947 bits per heavy atom. The van der Waals surface area contributed by atoms with E-state index in [1.165, 1.54) is 0 Å². The molecular weight excluding hydrogens is 236 g/mol. The summed E-state index contributed by atoms with van der Waals surface area (Å²) in [5.41, 5.74) is 0.769. The van der Waals surface area contributed by atoms with Gasteiger partial charge in [-0.1, -0.05) is 36.4 Å². The summed E-state index contributed by atoms with van der Waals surface area (Å²) in [6.45, 7) is 0. The molecule has 0 saturated carbocycles. The van der Waals surface area contributed by atoms with E-state index < -0.39 is 0 Å². The zero-order valence-electron chi connectivity index (χ0n) is 10.5. The zero-order chi connectivity index (χ0) is 13.1. The topological polar surface area (TPSA) is 30.2 Å². The molecule has 0 atom stereocenters. The molecule has 0 unspecified atom stereocenters. The molecule has 0 amide bonds. The molecule has 3 rings (SSSR count). The molecule has 2 aromatic carbocycles. The van der Waals surface area contributed by atoms with Crippen molar-refractivity contribution in [3.63, 3.8) is 0 Å². The Morgan fingerprint density at radius 3 is 2.58 bits per heavy atom. The Balaban J connectivity index is 1.77. The summed E-state index contributed by atoms with van der Waals surface area (Å²) < 4.78 is 5.24. The summed E-state index contributed by atoms with van der Waals surface area (Å²) in [7, 11) is 0. The molecule has 1 heterocycles. The number of Topliss-reactive ketones (excluding diaryl/α,β-unsaturated/α-hetero) is 1. The Hall–Kier alpha value is -2.35. The average molecular weight is 250 g/mol. The number of aryl methyl sites for hydroxylation is 1. The minimum atomic E-state index is 0.155. The summed E-state index contributed by atoms with van der Waals surface area (Å²) in [6.07, 6.45) is 2.76. The lowest BCUT2D eigenvalue weighted by Crippen LogP contribution is -2.00. The highest BCUT2D eigenvalue weighted by molar-refractivity contribution is 5.99. The first-order valence-electron chi connectivity index (χ1n) is 6.37. The van der Waals surface area contributed by atoms with E-state index in [1.54, 1.807) is 6.26 Å². The van der Waals surface area contributed by atoms with Crippen molar-refractivity contribution in [2.75, 3.05) is 0 Å². The molecule has 2 heteroatoms. The van der Waals surface area contributed by atoms with Gasteiger partial charge in [0.15, 0.2) is 5.78 Å². The van der Waals surface area contributed by atoms with E-state index in [0.717, 1.165) is 22.1 Å². The molecule has 1 aromatic heterocycles. The van der Waals surface area contributed by atoms with Crippen LogP contribution in [0.2, 0.25) is 0 Å². The molecule has 0 saturated heterocycles. The van der Waals surface area contributed by atoms with Gasteiger partial charge < -0.3 is 4.42 Å². The van der Waals surface area contributed by atoms with Crippen molar-refractivity contribution in [3.8, 4) is 0 Å². The van der Waals surface area contributed by atoms with Crippen molar-refractivity contribution in [1.82, 2.24) is 0 Å². The standard InChI is InChI=1S/C17H14O2/c18-17(10-9-16-6-3-11-19-16)15-8-7-13-4-1-2-5-14(13)12-15/h1-8,11-12H,9-10H2. The largest absolute Gasteiger partial charge is 0.469 e. The van der Waals surface area contributed by atoms with E-state index in [2.05, 4.69) is 0 Å².